The Bertz CT molecular complexity index is 1260. The molecule has 0 amide bonds. The Balaban J connectivity index is 1.66. The molecule has 1 fully saturated rings. The molecule has 1 aliphatic heterocycles. The summed E-state index contributed by atoms with van der Waals surface area (Å²) in [6, 6.07) is 5.31. The van der Waals surface area contributed by atoms with Crippen LogP contribution in [0.1, 0.15) is 43.9 Å². The summed E-state index contributed by atoms with van der Waals surface area (Å²) >= 11 is 5.88. The predicted molar refractivity (Wildman–Crippen MR) is 132 cm³/mol. The van der Waals surface area contributed by atoms with E-state index in [-0.39, 0.29) is 17.7 Å². The molecule has 1 saturated heterocycles. The Labute approximate surface area is 215 Å². The first-order chi connectivity index (χ1) is 17.3. The van der Waals surface area contributed by atoms with Gasteiger partial charge in [0.05, 0.1) is 30.0 Å². The van der Waals surface area contributed by atoms with Crippen molar-refractivity contribution in [1.29, 1.82) is 0 Å². The number of hydrogen-bond acceptors (Lipinski definition) is 10. The number of ether oxygens (including phenoxy) is 3. The maximum absolute atomic E-state index is 13.5. The first-order valence-corrected chi connectivity index (χ1v) is 13.7. The lowest BCUT2D eigenvalue weighted by Crippen LogP contribution is -2.31. The van der Waals surface area contributed by atoms with Crippen molar-refractivity contribution in [1.82, 2.24) is 29.7 Å². The van der Waals surface area contributed by atoms with Crippen molar-refractivity contribution in [2.75, 3.05) is 20.8 Å². The molecule has 4 rings (SSSR count). The first kappa shape index (κ1) is 26.4. The second-order valence-corrected chi connectivity index (χ2v) is 11.3. The Morgan fingerprint density at radius 1 is 1.19 bits per heavy atom. The molecule has 3 aromatic heterocycles. The van der Waals surface area contributed by atoms with Crippen LogP contribution in [-0.2, 0) is 31.6 Å². The molecule has 4 heterocycles. The van der Waals surface area contributed by atoms with Gasteiger partial charge in [-0.2, -0.15) is 0 Å². The van der Waals surface area contributed by atoms with Crippen LogP contribution in [0.4, 0.5) is 0 Å². The average molecular weight is 537 g/mol. The number of aromatic nitrogens is 6. The Morgan fingerprint density at radius 3 is 2.64 bits per heavy atom. The molecular formula is C23H29ClN6O5S. The number of methoxy groups -OCH3 is 2. The summed E-state index contributed by atoms with van der Waals surface area (Å²) in [5.74, 6) is 1.04. The van der Waals surface area contributed by atoms with Gasteiger partial charge in [-0.05, 0) is 32.3 Å². The van der Waals surface area contributed by atoms with E-state index in [0.717, 1.165) is 19.3 Å². The van der Waals surface area contributed by atoms with Gasteiger partial charge in [0.15, 0.2) is 21.5 Å². The third kappa shape index (κ3) is 6.00. The van der Waals surface area contributed by atoms with Gasteiger partial charge in [-0.3, -0.25) is 0 Å². The van der Waals surface area contributed by atoms with Gasteiger partial charge >= 0.3 is 0 Å². The molecule has 11 nitrogen and oxygen atoms in total. The van der Waals surface area contributed by atoms with E-state index in [1.807, 2.05) is 0 Å². The summed E-state index contributed by atoms with van der Waals surface area (Å²) in [5, 5.41) is 7.95. The van der Waals surface area contributed by atoms with Crippen LogP contribution >= 0.6 is 11.6 Å². The largest absolute Gasteiger partial charge is 0.481 e. The number of hydrogen-bond donors (Lipinski definition) is 0. The lowest BCUT2D eigenvalue weighted by atomic mass is 10.1. The monoisotopic (exact) mass is 536 g/mol. The molecule has 3 atom stereocenters. The predicted octanol–water partition coefficient (Wildman–Crippen LogP) is 3.05. The Morgan fingerprint density at radius 2 is 1.97 bits per heavy atom. The lowest BCUT2D eigenvalue weighted by Gasteiger charge is -2.25. The summed E-state index contributed by atoms with van der Waals surface area (Å²) in [5.41, 5.74) is 0.527. The van der Waals surface area contributed by atoms with Crippen LogP contribution in [-0.4, -0.2) is 70.3 Å². The number of rotatable bonds is 10. The highest BCUT2D eigenvalue weighted by molar-refractivity contribution is 7.91. The third-order valence-electron chi connectivity index (χ3n) is 6.12. The quantitative estimate of drug-likeness (QED) is 0.381. The fourth-order valence-electron chi connectivity index (χ4n) is 4.11. The van der Waals surface area contributed by atoms with Crippen LogP contribution in [0.3, 0.4) is 0 Å². The standard InChI is InChI=1S/C23H29ClN6O5S/c1-15(21(34-3)22-25-11-16(24)12-26-22)36(31,32)14-19-28-29-23(18-8-6-9-20(27-18)33-2)30(19)13-17-7-4-5-10-35-17/h6,8-9,11-12,15,17,21H,4-5,7,10,13-14H2,1-3H3/t15-,17-,21-/m0/s1. The molecule has 0 bridgehead atoms. The van der Waals surface area contributed by atoms with Gasteiger partial charge in [0.2, 0.25) is 5.88 Å². The highest BCUT2D eigenvalue weighted by atomic mass is 35.5. The van der Waals surface area contributed by atoms with Gasteiger partial charge in [-0.15, -0.1) is 10.2 Å². The van der Waals surface area contributed by atoms with Gasteiger partial charge in [-0.1, -0.05) is 17.7 Å². The van der Waals surface area contributed by atoms with Crippen LogP contribution in [0, 0.1) is 0 Å². The smallest absolute Gasteiger partial charge is 0.213 e. The van der Waals surface area contributed by atoms with Crippen molar-refractivity contribution in [2.24, 2.45) is 0 Å². The van der Waals surface area contributed by atoms with E-state index >= 15 is 0 Å². The fourth-order valence-corrected chi connectivity index (χ4v) is 5.65. The molecule has 13 heteroatoms. The highest BCUT2D eigenvalue weighted by Crippen LogP contribution is 2.28. The summed E-state index contributed by atoms with van der Waals surface area (Å²) in [6.07, 6.45) is 4.77. The molecule has 0 saturated carbocycles. The van der Waals surface area contributed by atoms with E-state index < -0.39 is 21.2 Å². The van der Waals surface area contributed by atoms with Gasteiger partial charge in [-0.25, -0.2) is 23.4 Å². The maximum atomic E-state index is 13.5. The molecule has 36 heavy (non-hydrogen) atoms. The van der Waals surface area contributed by atoms with Gasteiger partial charge in [0.1, 0.15) is 23.4 Å². The van der Waals surface area contributed by atoms with E-state index in [0.29, 0.717) is 41.4 Å². The SMILES string of the molecule is COc1cccc(-c2nnc(CS(=O)(=O)[C@@H](C)[C@H](OC)c3ncc(Cl)cn3)n2C[C@@H]2CCCCO2)n1. The molecule has 3 aromatic rings. The van der Waals surface area contributed by atoms with Crippen molar-refractivity contribution >= 4 is 21.4 Å². The van der Waals surface area contributed by atoms with Crippen molar-refractivity contribution in [3.8, 4) is 17.4 Å². The molecule has 0 aliphatic carbocycles. The van der Waals surface area contributed by atoms with E-state index in [2.05, 4.69) is 25.1 Å². The summed E-state index contributed by atoms with van der Waals surface area (Å²) in [6.45, 7) is 2.65. The van der Waals surface area contributed by atoms with Crippen molar-refractivity contribution < 1.29 is 22.6 Å². The number of halogens is 1. The van der Waals surface area contributed by atoms with Crippen LogP contribution in [0.15, 0.2) is 30.6 Å². The molecule has 0 N–H and O–H groups in total. The maximum Gasteiger partial charge on any atom is 0.213 e. The number of nitrogens with zero attached hydrogens (tertiary/aromatic N) is 6. The average Bonchev–Trinajstić information content (AvgIpc) is 3.27. The van der Waals surface area contributed by atoms with E-state index in [1.165, 1.54) is 26.6 Å². The van der Waals surface area contributed by atoms with Crippen molar-refractivity contribution in [3.05, 3.63) is 47.3 Å². The zero-order chi connectivity index (χ0) is 25.7. The normalized spacial score (nSPS) is 18.1. The summed E-state index contributed by atoms with van der Waals surface area (Å²) in [4.78, 5) is 12.8. The summed E-state index contributed by atoms with van der Waals surface area (Å²) in [7, 11) is -0.824. The molecule has 0 aromatic carbocycles. The van der Waals surface area contributed by atoms with Gasteiger partial charge < -0.3 is 18.8 Å². The van der Waals surface area contributed by atoms with Crippen molar-refractivity contribution in [2.45, 2.75) is 55.9 Å². The Hall–Kier alpha value is -2.67. The third-order valence-corrected chi connectivity index (χ3v) is 8.36. The molecule has 1 aliphatic rings. The molecule has 0 spiro atoms. The van der Waals surface area contributed by atoms with Gasteiger partial charge in [0, 0.05) is 32.2 Å². The second kappa shape index (κ2) is 11.6. The fraction of sp³-hybridized carbons (Fsp3) is 0.522. The zero-order valence-electron chi connectivity index (χ0n) is 20.4. The van der Waals surface area contributed by atoms with E-state index in [1.54, 1.807) is 29.7 Å². The van der Waals surface area contributed by atoms with Gasteiger partial charge in [0.25, 0.3) is 0 Å². The number of sulfone groups is 1. The lowest BCUT2D eigenvalue weighted by molar-refractivity contribution is 0.00582. The summed E-state index contributed by atoms with van der Waals surface area (Å²) < 4.78 is 45.5. The topological polar surface area (TPSA) is 131 Å². The highest BCUT2D eigenvalue weighted by Gasteiger charge is 2.35. The molecular weight excluding hydrogens is 508 g/mol. The van der Waals surface area contributed by atoms with Crippen molar-refractivity contribution in [3.63, 3.8) is 0 Å². The number of pyridine rings is 1. The molecule has 0 unspecified atom stereocenters. The van der Waals surface area contributed by atoms with Crippen LogP contribution in [0.25, 0.3) is 11.5 Å². The second-order valence-electron chi connectivity index (χ2n) is 8.53. The first-order valence-electron chi connectivity index (χ1n) is 11.6. The molecule has 0 radical (unpaired) electrons. The minimum Gasteiger partial charge on any atom is -0.481 e. The van der Waals surface area contributed by atoms with Crippen LogP contribution < -0.4 is 4.74 Å². The Kier molecular flexibility index (Phi) is 8.50. The van der Waals surface area contributed by atoms with E-state index in [4.69, 9.17) is 25.8 Å². The van der Waals surface area contributed by atoms with Crippen LogP contribution in [0.5, 0.6) is 5.88 Å². The molecule has 194 valence electrons. The minimum atomic E-state index is -3.78. The minimum absolute atomic E-state index is 0.0767. The van der Waals surface area contributed by atoms with E-state index in [9.17, 15) is 8.42 Å². The van der Waals surface area contributed by atoms with Crippen LogP contribution in [0.2, 0.25) is 5.02 Å². The zero-order valence-corrected chi connectivity index (χ0v) is 21.9.